The lowest BCUT2D eigenvalue weighted by Gasteiger charge is -2.23. The van der Waals surface area contributed by atoms with Gasteiger partial charge in [0, 0.05) is 31.6 Å². The van der Waals surface area contributed by atoms with E-state index in [0.717, 1.165) is 30.9 Å². The minimum absolute atomic E-state index is 0.0122. The number of rotatable bonds is 3. The molecule has 1 atom stereocenters. The number of carbonyl (C=O) groups is 1. The van der Waals surface area contributed by atoms with Crippen LogP contribution in [0.25, 0.3) is 0 Å². The molecule has 19 heavy (non-hydrogen) atoms. The van der Waals surface area contributed by atoms with E-state index in [-0.39, 0.29) is 17.9 Å². The van der Waals surface area contributed by atoms with Crippen LogP contribution in [0.5, 0.6) is 0 Å². The Labute approximate surface area is 113 Å². The van der Waals surface area contributed by atoms with Crippen molar-refractivity contribution < 1.29 is 4.79 Å². The molecule has 0 aliphatic carbocycles. The highest BCUT2D eigenvalue weighted by Gasteiger charge is 2.27. The van der Waals surface area contributed by atoms with E-state index in [1.165, 1.54) is 6.33 Å². The lowest BCUT2D eigenvalue weighted by atomic mass is 10.0. The van der Waals surface area contributed by atoms with Crippen LogP contribution in [0, 0.1) is 0 Å². The monoisotopic (exact) mass is 263 g/mol. The number of hydrogen-bond acceptors (Lipinski definition) is 5. The first-order valence-corrected chi connectivity index (χ1v) is 6.61. The van der Waals surface area contributed by atoms with E-state index in [4.69, 9.17) is 5.73 Å². The molecule has 1 amide bonds. The highest BCUT2D eigenvalue weighted by molar-refractivity contribution is 5.73. The second kappa shape index (κ2) is 5.42. The summed E-state index contributed by atoms with van der Waals surface area (Å²) < 4.78 is 0. The Kier molecular flexibility index (Phi) is 3.87. The second-order valence-electron chi connectivity index (χ2n) is 5.28. The van der Waals surface area contributed by atoms with Crippen LogP contribution in [-0.2, 0) is 4.79 Å². The van der Waals surface area contributed by atoms with Gasteiger partial charge in [-0.05, 0) is 12.3 Å². The molecule has 1 unspecified atom stereocenters. The number of aromatic nitrogens is 2. The van der Waals surface area contributed by atoms with Gasteiger partial charge in [-0.25, -0.2) is 9.97 Å². The van der Waals surface area contributed by atoms with Gasteiger partial charge in [0.05, 0.1) is 0 Å². The minimum atomic E-state index is 0.0122. The zero-order chi connectivity index (χ0) is 14.0. The van der Waals surface area contributed by atoms with Crippen molar-refractivity contribution in [2.45, 2.75) is 39.2 Å². The SMILES string of the molecule is CC(=O)NC1CCN(c2ncnc(N)c2C(C)C)C1. The fraction of sp³-hybridized carbons (Fsp3) is 0.615. The molecule has 2 rings (SSSR count). The molecule has 2 heterocycles. The molecule has 0 aromatic carbocycles. The molecular formula is C13H21N5O. The van der Waals surface area contributed by atoms with Crippen LogP contribution in [0.4, 0.5) is 11.6 Å². The Bertz CT molecular complexity index is 474. The van der Waals surface area contributed by atoms with Gasteiger partial charge in [0.25, 0.3) is 0 Å². The summed E-state index contributed by atoms with van der Waals surface area (Å²) in [6, 6.07) is 0.189. The van der Waals surface area contributed by atoms with Gasteiger partial charge in [-0.3, -0.25) is 4.79 Å². The summed E-state index contributed by atoms with van der Waals surface area (Å²) in [6.07, 6.45) is 2.43. The molecule has 6 heteroatoms. The number of amides is 1. The Balaban J connectivity index is 2.20. The maximum Gasteiger partial charge on any atom is 0.217 e. The largest absolute Gasteiger partial charge is 0.383 e. The van der Waals surface area contributed by atoms with E-state index in [9.17, 15) is 4.79 Å². The molecule has 0 saturated carbocycles. The zero-order valence-electron chi connectivity index (χ0n) is 11.7. The van der Waals surface area contributed by atoms with Crippen LogP contribution in [-0.4, -0.2) is 35.0 Å². The summed E-state index contributed by atoms with van der Waals surface area (Å²) in [5.74, 6) is 1.73. The summed E-state index contributed by atoms with van der Waals surface area (Å²) in [5.41, 5.74) is 6.95. The third kappa shape index (κ3) is 2.94. The van der Waals surface area contributed by atoms with Crippen molar-refractivity contribution in [1.29, 1.82) is 0 Å². The molecule has 1 saturated heterocycles. The Morgan fingerprint density at radius 1 is 1.53 bits per heavy atom. The maximum atomic E-state index is 11.1. The van der Waals surface area contributed by atoms with Crippen LogP contribution < -0.4 is 16.0 Å². The molecule has 104 valence electrons. The van der Waals surface area contributed by atoms with E-state index < -0.39 is 0 Å². The van der Waals surface area contributed by atoms with Crippen LogP contribution in [0.2, 0.25) is 0 Å². The average molecular weight is 263 g/mol. The number of nitrogens with two attached hydrogens (primary N) is 1. The van der Waals surface area contributed by atoms with E-state index >= 15 is 0 Å². The Morgan fingerprint density at radius 2 is 2.26 bits per heavy atom. The number of nitrogens with one attached hydrogen (secondary N) is 1. The quantitative estimate of drug-likeness (QED) is 0.846. The molecule has 6 nitrogen and oxygen atoms in total. The summed E-state index contributed by atoms with van der Waals surface area (Å²) in [4.78, 5) is 21.7. The lowest BCUT2D eigenvalue weighted by Crippen LogP contribution is -2.36. The first-order valence-electron chi connectivity index (χ1n) is 6.61. The molecule has 1 aliphatic heterocycles. The number of carbonyl (C=O) groups excluding carboxylic acids is 1. The summed E-state index contributed by atoms with van der Waals surface area (Å²) in [6.45, 7) is 7.36. The van der Waals surface area contributed by atoms with E-state index in [2.05, 4.69) is 34.0 Å². The molecule has 1 aromatic heterocycles. The van der Waals surface area contributed by atoms with Gasteiger partial charge in [0.15, 0.2) is 0 Å². The third-order valence-corrected chi connectivity index (χ3v) is 3.37. The van der Waals surface area contributed by atoms with Crippen molar-refractivity contribution >= 4 is 17.5 Å². The molecule has 0 bridgehead atoms. The van der Waals surface area contributed by atoms with E-state index in [1.807, 2.05) is 0 Å². The first kappa shape index (κ1) is 13.6. The van der Waals surface area contributed by atoms with Crippen molar-refractivity contribution in [1.82, 2.24) is 15.3 Å². The van der Waals surface area contributed by atoms with Gasteiger partial charge >= 0.3 is 0 Å². The fourth-order valence-electron chi connectivity index (χ4n) is 2.56. The molecular weight excluding hydrogens is 242 g/mol. The standard InChI is InChI=1S/C13H21N5O/c1-8(2)11-12(14)15-7-16-13(11)18-5-4-10(6-18)17-9(3)19/h7-8,10H,4-6H2,1-3H3,(H,17,19)(H2,14,15,16). The van der Waals surface area contributed by atoms with Crippen molar-refractivity contribution in [3.63, 3.8) is 0 Å². The van der Waals surface area contributed by atoms with Crippen LogP contribution in [0.3, 0.4) is 0 Å². The summed E-state index contributed by atoms with van der Waals surface area (Å²) >= 11 is 0. The molecule has 3 N–H and O–H groups in total. The van der Waals surface area contributed by atoms with Gasteiger partial charge in [-0.2, -0.15) is 0 Å². The van der Waals surface area contributed by atoms with Crippen molar-refractivity contribution in [2.24, 2.45) is 0 Å². The highest BCUT2D eigenvalue weighted by Crippen LogP contribution is 2.30. The smallest absolute Gasteiger partial charge is 0.217 e. The fourth-order valence-corrected chi connectivity index (χ4v) is 2.56. The normalized spacial score (nSPS) is 18.9. The molecule has 0 radical (unpaired) electrons. The number of hydrogen-bond donors (Lipinski definition) is 2. The second-order valence-corrected chi connectivity index (χ2v) is 5.28. The van der Waals surface area contributed by atoms with Crippen LogP contribution in [0.1, 0.15) is 38.7 Å². The van der Waals surface area contributed by atoms with Gasteiger partial charge in [-0.15, -0.1) is 0 Å². The lowest BCUT2D eigenvalue weighted by molar-refractivity contribution is -0.119. The topological polar surface area (TPSA) is 84.1 Å². The number of nitrogens with zero attached hydrogens (tertiary/aromatic N) is 3. The van der Waals surface area contributed by atoms with Crippen LogP contribution in [0.15, 0.2) is 6.33 Å². The molecule has 1 aliphatic rings. The van der Waals surface area contributed by atoms with Crippen LogP contribution >= 0.6 is 0 Å². The predicted molar refractivity (Wildman–Crippen MR) is 75.0 cm³/mol. The number of anilines is 2. The minimum Gasteiger partial charge on any atom is -0.383 e. The van der Waals surface area contributed by atoms with Gasteiger partial charge in [0.1, 0.15) is 18.0 Å². The van der Waals surface area contributed by atoms with Gasteiger partial charge in [0.2, 0.25) is 5.91 Å². The Hall–Kier alpha value is -1.85. The van der Waals surface area contributed by atoms with E-state index in [0.29, 0.717) is 5.82 Å². The zero-order valence-corrected chi connectivity index (χ0v) is 11.7. The molecule has 1 fully saturated rings. The molecule has 0 spiro atoms. The van der Waals surface area contributed by atoms with E-state index in [1.54, 1.807) is 6.92 Å². The Morgan fingerprint density at radius 3 is 2.89 bits per heavy atom. The summed E-state index contributed by atoms with van der Waals surface area (Å²) in [5, 5.41) is 2.95. The van der Waals surface area contributed by atoms with Crippen molar-refractivity contribution in [2.75, 3.05) is 23.7 Å². The number of nitrogen functional groups attached to an aromatic ring is 1. The molecule has 1 aromatic rings. The van der Waals surface area contributed by atoms with Crippen molar-refractivity contribution in [3.8, 4) is 0 Å². The highest BCUT2D eigenvalue weighted by atomic mass is 16.1. The average Bonchev–Trinajstić information content (AvgIpc) is 2.75. The van der Waals surface area contributed by atoms with Gasteiger partial charge in [-0.1, -0.05) is 13.8 Å². The predicted octanol–water partition coefficient (Wildman–Crippen LogP) is 0.897. The van der Waals surface area contributed by atoms with Gasteiger partial charge < -0.3 is 16.0 Å². The maximum absolute atomic E-state index is 11.1. The van der Waals surface area contributed by atoms with Crippen molar-refractivity contribution in [3.05, 3.63) is 11.9 Å². The summed E-state index contributed by atoms with van der Waals surface area (Å²) in [7, 11) is 0. The third-order valence-electron chi connectivity index (χ3n) is 3.37. The first-order chi connectivity index (χ1) is 8.99.